The highest BCUT2D eigenvalue weighted by atomic mass is 16.5. The standard InChI is InChI=1S/C15H17N3O2/c1-11-3-4-14(20-2)12(9-11)5-6-18-15(19)13-10-16-7-8-17-13/h3-4,7-10H,5-6H2,1-2H3,(H,18,19). The fraction of sp³-hybridized carbons (Fsp3) is 0.267. The minimum absolute atomic E-state index is 0.218. The second-order valence-corrected chi connectivity index (χ2v) is 4.41. The van der Waals surface area contributed by atoms with Gasteiger partial charge in [-0.1, -0.05) is 17.7 Å². The molecular weight excluding hydrogens is 254 g/mol. The van der Waals surface area contributed by atoms with Gasteiger partial charge in [-0.15, -0.1) is 0 Å². The van der Waals surface area contributed by atoms with Crippen LogP contribution < -0.4 is 10.1 Å². The van der Waals surface area contributed by atoms with E-state index in [0.29, 0.717) is 18.7 Å². The van der Waals surface area contributed by atoms with Crippen LogP contribution in [0.5, 0.6) is 5.75 Å². The molecule has 1 N–H and O–H groups in total. The third-order valence-corrected chi connectivity index (χ3v) is 2.91. The first-order valence-electron chi connectivity index (χ1n) is 6.38. The van der Waals surface area contributed by atoms with Crippen molar-refractivity contribution >= 4 is 5.91 Å². The highest BCUT2D eigenvalue weighted by Gasteiger charge is 2.07. The molecule has 5 heteroatoms. The van der Waals surface area contributed by atoms with Crippen LogP contribution in [-0.2, 0) is 6.42 Å². The maximum atomic E-state index is 11.8. The van der Waals surface area contributed by atoms with Crippen LogP contribution in [0.1, 0.15) is 21.6 Å². The van der Waals surface area contributed by atoms with Gasteiger partial charge in [0.1, 0.15) is 11.4 Å². The zero-order valence-corrected chi connectivity index (χ0v) is 11.6. The van der Waals surface area contributed by atoms with Crippen molar-refractivity contribution in [3.05, 3.63) is 53.6 Å². The first-order valence-corrected chi connectivity index (χ1v) is 6.38. The monoisotopic (exact) mass is 271 g/mol. The topological polar surface area (TPSA) is 64.1 Å². The van der Waals surface area contributed by atoms with Crippen LogP contribution in [0.15, 0.2) is 36.8 Å². The van der Waals surface area contributed by atoms with Crippen LogP contribution in [0.4, 0.5) is 0 Å². The summed E-state index contributed by atoms with van der Waals surface area (Å²) in [5.41, 5.74) is 2.57. The molecule has 2 aromatic rings. The number of methoxy groups -OCH3 is 1. The minimum atomic E-state index is -0.218. The van der Waals surface area contributed by atoms with Gasteiger partial charge in [0.05, 0.1) is 13.3 Å². The number of hydrogen-bond acceptors (Lipinski definition) is 4. The number of aromatic nitrogens is 2. The van der Waals surface area contributed by atoms with Crippen LogP contribution in [0.2, 0.25) is 0 Å². The van der Waals surface area contributed by atoms with Gasteiger partial charge in [0.25, 0.3) is 5.91 Å². The second-order valence-electron chi connectivity index (χ2n) is 4.41. The maximum absolute atomic E-state index is 11.8. The third-order valence-electron chi connectivity index (χ3n) is 2.91. The van der Waals surface area contributed by atoms with Gasteiger partial charge in [0, 0.05) is 18.9 Å². The molecule has 5 nitrogen and oxygen atoms in total. The molecule has 0 fully saturated rings. The SMILES string of the molecule is COc1ccc(C)cc1CCNC(=O)c1cnccn1. The summed E-state index contributed by atoms with van der Waals surface area (Å²) in [7, 11) is 1.65. The highest BCUT2D eigenvalue weighted by Crippen LogP contribution is 2.19. The lowest BCUT2D eigenvalue weighted by atomic mass is 10.1. The summed E-state index contributed by atoms with van der Waals surface area (Å²) >= 11 is 0. The van der Waals surface area contributed by atoms with E-state index in [1.54, 1.807) is 7.11 Å². The average molecular weight is 271 g/mol. The highest BCUT2D eigenvalue weighted by molar-refractivity contribution is 5.91. The number of hydrogen-bond donors (Lipinski definition) is 1. The predicted molar refractivity (Wildman–Crippen MR) is 75.8 cm³/mol. The summed E-state index contributed by atoms with van der Waals surface area (Å²) in [4.78, 5) is 19.6. The predicted octanol–water partition coefficient (Wildman–Crippen LogP) is 1.77. The van der Waals surface area contributed by atoms with Crippen LogP contribution in [0, 0.1) is 6.92 Å². The Labute approximate surface area is 118 Å². The lowest BCUT2D eigenvalue weighted by Crippen LogP contribution is -2.26. The quantitative estimate of drug-likeness (QED) is 0.900. The molecule has 20 heavy (non-hydrogen) atoms. The maximum Gasteiger partial charge on any atom is 0.271 e. The molecule has 0 unspecified atom stereocenters. The Morgan fingerprint density at radius 2 is 2.20 bits per heavy atom. The van der Waals surface area contributed by atoms with Crippen molar-refractivity contribution in [3.8, 4) is 5.75 Å². The molecule has 0 aliphatic heterocycles. The van der Waals surface area contributed by atoms with Crippen molar-refractivity contribution in [2.45, 2.75) is 13.3 Å². The van der Waals surface area contributed by atoms with Gasteiger partial charge in [-0.3, -0.25) is 9.78 Å². The molecular formula is C15H17N3O2. The van der Waals surface area contributed by atoms with E-state index in [-0.39, 0.29) is 5.91 Å². The van der Waals surface area contributed by atoms with Crippen molar-refractivity contribution in [3.63, 3.8) is 0 Å². The molecule has 0 saturated heterocycles. The molecule has 1 aromatic carbocycles. The molecule has 1 heterocycles. The summed E-state index contributed by atoms with van der Waals surface area (Å²) in [5.74, 6) is 0.620. The van der Waals surface area contributed by atoms with Crippen LogP contribution in [0.25, 0.3) is 0 Å². The van der Waals surface area contributed by atoms with E-state index in [9.17, 15) is 4.79 Å². The van der Waals surface area contributed by atoms with Gasteiger partial charge in [-0.05, 0) is 25.0 Å². The number of ether oxygens (including phenoxy) is 1. The van der Waals surface area contributed by atoms with E-state index in [4.69, 9.17) is 4.74 Å². The number of aryl methyl sites for hydroxylation is 1. The Morgan fingerprint density at radius 1 is 1.35 bits per heavy atom. The number of rotatable bonds is 5. The molecule has 2 rings (SSSR count). The summed E-state index contributed by atoms with van der Waals surface area (Å²) in [6.45, 7) is 2.55. The summed E-state index contributed by atoms with van der Waals surface area (Å²) < 4.78 is 5.31. The second kappa shape index (κ2) is 6.65. The van der Waals surface area contributed by atoms with Crippen molar-refractivity contribution in [1.29, 1.82) is 0 Å². The Balaban J connectivity index is 1.93. The summed E-state index contributed by atoms with van der Waals surface area (Å²) in [6.07, 6.45) is 5.19. The number of amides is 1. The van der Waals surface area contributed by atoms with Gasteiger partial charge in [0.2, 0.25) is 0 Å². The number of nitrogens with zero attached hydrogens (tertiary/aromatic N) is 2. The molecule has 0 spiro atoms. The molecule has 0 aliphatic rings. The van der Waals surface area contributed by atoms with E-state index in [2.05, 4.69) is 21.4 Å². The van der Waals surface area contributed by atoms with E-state index < -0.39 is 0 Å². The summed E-state index contributed by atoms with van der Waals surface area (Å²) in [6, 6.07) is 6.00. The Kier molecular flexibility index (Phi) is 4.65. The van der Waals surface area contributed by atoms with Gasteiger partial charge >= 0.3 is 0 Å². The fourth-order valence-electron chi connectivity index (χ4n) is 1.92. The molecule has 0 aliphatic carbocycles. The van der Waals surface area contributed by atoms with Crippen molar-refractivity contribution in [2.24, 2.45) is 0 Å². The minimum Gasteiger partial charge on any atom is -0.496 e. The first-order chi connectivity index (χ1) is 9.70. The van der Waals surface area contributed by atoms with Crippen LogP contribution in [-0.4, -0.2) is 29.5 Å². The van der Waals surface area contributed by atoms with Crippen LogP contribution >= 0.6 is 0 Å². The van der Waals surface area contributed by atoms with Crippen molar-refractivity contribution in [1.82, 2.24) is 15.3 Å². The fourth-order valence-corrected chi connectivity index (χ4v) is 1.92. The van der Waals surface area contributed by atoms with Gasteiger partial charge in [-0.2, -0.15) is 0 Å². The Bertz CT molecular complexity index is 585. The first kappa shape index (κ1) is 14.0. The molecule has 0 atom stereocenters. The normalized spacial score (nSPS) is 10.1. The lowest BCUT2D eigenvalue weighted by molar-refractivity contribution is 0.0948. The lowest BCUT2D eigenvalue weighted by Gasteiger charge is -2.10. The van der Waals surface area contributed by atoms with Gasteiger partial charge < -0.3 is 10.1 Å². The zero-order valence-electron chi connectivity index (χ0n) is 11.6. The molecule has 0 radical (unpaired) electrons. The molecule has 1 aromatic heterocycles. The van der Waals surface area contributed by atoms with Crippen molar-refractivity contribution in [2.75, 3.05) is 13.7 Å². The Hall–Kier alpha value is -2.43. The number of carbonyl (C=O) groups is 1. The van der Waals surface area contributed by atoms with E-state index in [1.807, 2.05) is 19.1 Å². The number of nitrogens with one attached hydrogen (secondary N) is 1. The molecule has 104 valence electrons. The molecule has 0 saturated carbocycles. The third kappa shape index (κ3) is 3.54. The van der Waals surface area contributed by atoms with Gasteiger partial charge in [0.15, 0.2) is 0 Å². The van der Waals surface area contributed by atoms with Crippen molar-refractivity contribution < 1.29 is 9.53 Å². The largest absolute Gasteiger partial charge is 0.496 e. The Morgan fingerprint density at radius 3 is 2.90 bits per heavy atom. The van der Waals surface area contributed by atoms with E-state index >= 15 is 0 Å². The zero-order chi connectivity index (χ0) is 14.4. The molecule has 1 amide bonds. The van der Waals surface area contributed by atoms with E-state index in [0.717, 1.165) is 11.3 Å². The summed E-state index contributed by atoms with van der Waals surface area (Å²) in [5, 5.41) is 2.82. The van der Waals surface area contributed by atoms with Crippen LogP contribution in [0.3, 0.4) is 0 Å². The smallest absolute Gasteiger partial charge is 0.271 e. The van der Waals surface area contributed by atoms with Gasteiger partial charge in [-0.25, -0.2) is 4.98 Å². The molecule has 0 bridgehead atoms. The number of benzene rings is 1. The van der Waals surface area contributed by atoms with E-state index in [1.165, 1.54) is 24.2 Å². The average Bonchev–Trinajstić information content (AvgIpc) is 2.48. The number of carbonyl (C=O) groups excluding carboxylic acids is 1.